The topological polar surface area (TPSA) is 86.5 Å². The van der Waals surface area contributed by atoms with E-state index in [1.165, 1.54) is 30.3 Å². The van der Waals surface area contributed by atoms with Crippen molar-refractivity contribution < 1.29 is 36.9 Å². The number of pyridine rings is 1. The molecule has 12 heteroatoms. The average Bonchev–Trinajstić information content (AvgIpc) is 3.52. The van der Waals surface area contributed by atoms with E-state index >= 15 is 8.78 Å². The number of aromatic carboxylic acids is 1. The molecule has 232 valence electrons. The zero-order chi connectivity index (χ0) is 32.0. The highest BCUT2D eigenvalue weighted by atomic mass is 35.5. The number of hydrogen-bond donors (Lipinski definition) is 1. The third kappa shape index (κ3) is 5.97. The predicted octanol–water partition coefficient (Wildman–Crippen LogP) is 7.77. The number of rotatable bonds is 8. The lowest BCUT2D eigenvalue weighted by Crippen LogP contribution is -2.27. The molecule has 1 fully saturated rings. The molecule has 0 aliphatic carbocycles. The zero-order valence-electron chi connectivity index (χ0n) is 24.1. The number of ether oxygens (including phenoxy) is 2. The number of benzene rings is 3. The van der Waals surface area contributed by atoms with E-state index in [-0.39, 0.29) is 57.5 Å². The smallest absolute Gasteiger partial charge is 0.335 e. The quantitative estimate of drug-likeness (QED) is 0.175. The van der Waals surface area contributed by atoms with E-state index < -0.39 is 35.1 Å². The number of fused-ring (bicyclic) bond motifs is 1. The Kier molecular flexibility index (Phi) is 8.00. The summed E-state index contributed by atoms with van der Waals surface area (Å²) in [5, 5.41) is 9.76. The van der Waals surface area contributed by atoms with Crippen LogP contribution in [-0.2, 0) is 17.8 Å². The summed E-state index contributed by atoms with van der Waals surface area (Å²) in [5.74, 6) is -4.48. The molecule has 7 nitrogen and oxygen atoms in total. The molecule has 0 bridgehead atoms. The second-order valence-corrected chi connectivity index (χ2v) is 12.0. The lowest BCUT2D eigenvalue weighted by Gasteiger charge is -2.28. The van der Waals surface area contributed by atoms with E-state index in [1.807, 2.05) is 18.4 Å². The van der Waals surface area contributed by atoms with Crippen LogP contribution in [0.25, 0.3) is 22.3 Å². The number of carboxylic acids is 1. The van der Waals surface area contributed by atoms with Crippen LogP contribution in [0.3, 0.4) is 0 Å². The normalized spacial score (nSPS) is 15.9. The first-order chi connectivity index (χ1) is 21.4. The van der Waals surface area contributed by atoms with E-state index in [0.717, 1.165) is 24.3 Å². The summed E-state index contributed by atoms with van der Waals surface area (Å²) in [6.07, 6.45) is -0.237. The predicted molar refractivity (Wildman–Crippen MR) is 158 cm³/mol. The summed E-state index contributed by atoms with van der Waals surface area (Å²) in [4.78, 5) is 20.4. The molecule has 6 rings (SSSR count). The zero-order valence-corrected chi connectivity index (χ0v) is 24.8. The van der Waals surface area contributed by atoms with Gasteiger partial charge in [-0.25, -0.2) is 32.3 Å². The number of nitrogens with zero attached hydrogens (tertiary/aromatic N) is 3. The highest BCUT2D eigenvalue weighted by Crippen LogP contribution is 2.41. The van der Waals surface area contributed by atoms with Crippen molar-refractivity contribution in [3.8, 4) is 17.1 Å². The molecule has 5 aromatic rings. The van der Waals surface area contributed by atoms with Crippen LogP contribution in [-0.4, -0.2) is 38.8 Å². The third-order valence-electron chi connectivity index (χ3n) is 7.94. The average molecular weight is 640 g/mol. The third-order valence-corrected chi connectivity index (χ3v) is 8.17. The van der Waals surface area contributed by atoms with E-state index in [2.05, 4.69) is 9.97 Å². The summed E-state index contributed by atoms with van der Waals surface area (Å²) in [6.45, 7) is 4.40. The minimum Gasteiger partial charge on any atom is -0.478 e. The van der Waals surface area contributed by atoms with E-state index in [0.29, 0.717) is 30.1 Å². The molecule has 3 aromatic carbocycles. The molecule has 1 aliphatic heterocycles. The van der Waals surface area contributed by atoms with Crippen LogP contribution < -0.4 is 4.74 Å². The van der Waals surface area contributed by atoms with E-state index in [4.69, 9.17) is 21.1 Å². The summed E-state index contributed by atoms with van der Waals surface area (Å²) in [7, 11) is 0. The standard InChI is InChI=1S/C33H26ClF4N3O4/c1-33(2)16-44-15-29(33)41-28-11-17(32(42)43)4-7-27(28)39-30(41)13-21-24(37)9-19(10-25(21)38)26-8-6-22(35)31(40-26)45-14-18-3-5-20(34)12-23(18)36/h3-12,29H,13-16H2,1-2H3,(H,42,43). The van der Waals surface area contributed by atoms with Crippen molar-refractivity contribution in [3.05, 3.63) is 111 Å². The lowest BCUT2D eigenvalue weighted by atomic mass is 9.87. The SMILES string of the molecule is CC1(C)COCC1n1c(Cc2c(F)cc(-c3ccc(F)c(OCc4ccc(Cl)cc4F)n3)cc2F)nc2ccc(C(=O)O)cc21. The first kappa shape index (κ1) is 30.5. The summed E-state index contributed by atoms with van der Waals surface area (Å²) in [5.41, 5.74) is 0.612. The van der Waals surface area contributed by atoms with E-state index in [1.54, 1.807) is 6.07 Å². The van der Waals surface area contributed by atoms with Gasteiger partial charge in [-0.15, -0.1) is 0 Å². The van der Waals surface area contributed by atoms with Gasteiger partial charge in [0.05, 0.1) is 41.5 Å². The molecule has 2 aromatic heterocycles. The maximum Gasteiger partial charge on any atom is 0.335 e. The van der Waals surface area contributed by atoms with Gasteiger partial charge in [0, 0.05) is 33.5 Å². The van der Waals surface area contributed by atoms with Crippen molar-refractivity contribution in [1.29, 1.82) is 0 Å². The fourth-order valence-corrected chi connectivity index (χ4v) is 5.63. The van der Waals surface area contributed by atoms with Gasteiger partial charge in [0.1, 0.15) is 29.9 Å². The van der Waals surface area contributed by atoms with Crippen molar-refractivity contribution in [2.24, 2.45) is 5.41 Å². The molecule has 0 amide bonds. The highest BCUT2D eigenvalue weighted by molar-refractivity contribution is 6.30. The second-order valence-electron chi connectivity index (χ2n) is 11.5. The van der Waals surface area contributed by atoms with Gasteiger partial charge in [-0.3, -0.25) is 0 Å². The fraction of sp³-hybridized carbons (Fsp3) is 0.242. The highest BCUT2D eigenvalue weighted by Gasteiger charge is 2.39. The molecule has 1 unspecified atom stereocenters. The van der Waals surface area contributed by atoms with Crippen molar-refractivity contribution in [2.75, 3.05) is 13.2 Å². The maximum atomic E-state index is 15.6. The Labute approximate surface area is 260 Å². The molecule has 3 heterocycles. The summed E-state index contributed by atoms with van der Waals surface area (Å²) >= 11 is 5.77. The van der Waals surface area contributed by atoms with Crippen LogP contribution in [0.2, 0.25) is 5.02 Å². The van der Waals surface area contributed by atoms with Crippen LogP contribution in [0, 0.1) is 28.7 Å². The molecule has 1 saturated heterocycles. The number of imidazole rings is 1. The Bertz CT molecular complexity index is 1940. The van der Waals surface area contributed by atoms with Crippen molar-refractivity contribution in [1.82, 2.24) is 14.5 Å². The first-order valence-electron chi connectivity index (χ1n) is 13.9. The van der Waals surface area contributed by atoms with Crippen molar-refractivity contribution in [3.63, 3.8) is 0 Å². The molecule has 1 aliphatic rings. The number of hydrogen-bond acceptors (Lipinski definition) is 5. The van der Waals surface area contributed by atoms with Gasteiger partial charge < -0.3 is 19.1 Å². The monoisotopic (exact) mass is 639 g/mol. The molecule has 0 saturated carbocycles. The van der Waals surface area contributed by atoms with Gasteiger partial charge in [0.25, 0.3) is 5.88 Å². The summed E-state index contributed by atoms with van der Waals surface area (Å²) < 4.78 is 72.8. The molecule has 1 N–H and O–H groups in total. The van der Waals surface area contributed by atoms with Crippen LogP contribution >= 0.6 is 11.6 Å². The Morgan fingerprint density at radius 2 is 1.76 bits per heavy atom. The number of carboxylic acid groups (broad SMARTS) is 1. The molecule has 0 spiro atoms. The van der Waals surface area contributed by atoms with Crippen LogP contribution in [0.15, 0.2) is 60.7 Å². The van der Waals surface area contributed by atoms with Gasteiger partial charge in [-0.2, -0.15) is 0 Å². The molecular weight excluding hydrogens is 614 g/mol. The Morgan fingerprint density at radius 3 is 2.42 bits per heavy atom. The van der Waals surface area contributed by atoms with Gasteiger partial charge in [0.2, 0.25) is 0 Å². The van der Waals surface area contributed by atoms with Crippen molar-refractivity contribution >= 4 is 28.6 Å². The minimum atomic E-state index is -1.11. The van der Waals surface area contributed by atoms with Gasteiger partial charge in [0.15, 0.2) is 5.82 Å². The number of carbonyl (C=O) groups is 1. The largest absolute Gasteiger partial charge is 0.478 e. The van der Waals surface area contributed by atoms with Gasteiger partial charge >= 0.3 is 5.97 Å². The number of aromatic nitrogens is 3. The first-order valence-corrected chi connectivity index (χ1v) is 14.3. The molecule has 1 atom stereocenters. The van der Waals surface area contributed by atoms with Gasteiger partial charge in [-0.05, 0) is 54.6 Å². The van der Waals surface area contributed by atoms with Crippen LogP contribution in [0.5, 0.6) is 5.88 Å². The minimum absolute atomic E-state index is 0.0289. The van der Waals surface area contributed by atoms with Crippen LogP contribution in [0.4, 0.5) is 17.6 Å². The lowest BCUT2D eigenvalue weighted by molar-refractivity contribution is 0.0697. The van der Waals surface area contributed by atoms with Crippen molar-refractivity contribution in [2.45, 2.75) is 32.9 Å². The second kappa shape index (κ2) is 11.8. The van der Waals surface area contributed by atoms with Crippen LogP contribution in [0.1, 0.15) is 47.2 Å². The molecule has 45 heavy (non-hydrogen) atoms. The van der Waals surface area contributed by atoms with E-state index in [9.17, 15) is 18.7 Å². The Hall–Kier alpha value is -4.48. The van der Waals surface area contributed by atoms with Gasteiger partial charge in [-0.1, -0.05) is 31.5 Å². The maximum absolute atomic E-state index is 15.6. The molecule has 0 radical (unpaired) electrons. The Morgan fingerprint density at radius 1 is 1.00 bits per heavy atom. The fourth-order valence-electron chi connectivity index (χ4n) is 5.48. The summed E-state index contributed by atoms with van der Waals surface area (Å²) in [6, 6.07) is 12.6. The Balaban J connectivity index is 1.33. The number of halogens is 5. The molecular formula is C33H26ClF4N3O4.